The van der Waals surface area contributed by atoms with E-state index in [1.165, 1.54) is 47.9 Å². The molecule has 0 spiro atoms. The summed E-state index contributed by atoms with van der Waals surface area (Å²) in [4.78, 5) is 25.6. The molecule has 164 valence electrons. The zero-order valence-corrected chi connectivity index (χ0v) is 19.0. The predicted molar refractivity (Wildman–Crippen MR) is 114 cm³/mol. The molecule has 10 heteroatoms. The molecule has 0 radical (unpaired) electrons. The number of ether oxygens (including phenoxy) is 2. The van der Waals surface area contributed by atoms with Crippen molar-refractivity contribution >= 4 is 33.2 Å². The van der Waals surface area contributed by atoms with Gasteiger partial charge in [-0.3, -0.25) is 4.79 Å². The Balaban J connectivity index is 2.16. The van der Waals surface area contributed by atoms with Crippen LogP contribution in [-0.4, -0.2) is 50.9 Å². The Morgan fingerprint density at radius 1 is 1.20 bits per heavy atom. The quantitative estimate of drug-likeness (QED) is 0.554. The number of esters is 1. The molecule has 0 saturated heterocycles. The van der Waals surface area contributed by atoms with E-state index in [0.717, 1.165) is 4.88 Å². The predicted octanol–water partition coefficient (Wildman–Crippen LogP) is 2.65. The number of carbonyl (C=O) groups is 2. The van der Waals surface area contributed by atoms with E-state index in [1.807, 2.05) is 17.5 Å². The summed E-state index contributed by atoms with van der Waals surface area (Å²) in [6.45, 7) is 5.80. The summed E-state index contributed by atoms with van der Waals surface area (Å²) in [6, 6.07) is 7.78. The molecular formula is C20H26N2O6S2. The molecule has 1 heterocycles. The number of benzene rings is 1. The molecular weight excluding hydrogens is 428 g/mol. The molecule has 2 rings (SSSR count). The third-order valence-corrected chi connectivity index (χ3v) is 7.34. The molecule has 0 aliphatic heterocycles. The van der Waals surface area contributed by atoms with Crippen LogP contribution in [0.15, 0.2) is 40.6 Å². The lowest BCUT2D eigenvalue weighted by atomic mass is 10.2. The molecule has 1 unspecified atom stereocenters. The second kappa shape index (κ2) is 10.6. The van der Waals surface area contributed by atoms with Gasteiger partial charge in [-0.15, -0.1) is 11.3 Å². The second-order valence-electron chi connectivity index (χ2n) is 6.30. The largest absolute Gasteiger partial charge is 0.495 e. The van der Waals surface area contributed by atoms with Crippen molar-refractivity contribution in [3.63, 3.8) is 0 Å². The van der Waals surface area contributed by atoms with Gasteiger partial charge in [0.15, 0.2) is 6.10 Å². The maximum absolute atomic E-state index is 12.9. The van der Waals surface area contributed by atoms with Crippen LogP contribution in [0.2, 0.25) is 0 Å². The highest BCUT2D eigenvalue weighted by Gasteiger charge is 2.28. The molecule has 0 fully saturated rings. The van der Waals surface area contributed by atoms with Crippen molar-refractivity contribution in [2.75, 3.05) is 20.2 Å². The van der Waals surface area contributed by atoms with Crippen LogP contribution in [0.25, 0.3) is 0 Å². The molecule has 1 atom stereocenters. The summed E-state index contributed by atoms with van der Waals surface area (Å²) >= 11 is 1.51. The molecule has 1 aromatic heterocycles. The Labute approximate surface area is 180 Å². The number of nitrogens with one attached hydrogen (secondary N) is 1. The summed E-state index contributed by atoms with van der Waals surface area (Å²) in [5.74, 6) is -1.12. The molecule has 2 aromatic rings. The van der Waals surface area contributed by atoms with Gasteiger partial charge in [0.1, 0.15) is 10.6 Å². The lowest BCUT2D eigenvalue weighted by Crippen LogP contribution is -2.35. The first-order chi connectivity index (χ1) is 14.2. The first kappa shape index (κ1) is 23.8. The molecule has 0 bridgehead atoms. The van der Waals surface area contributed by atoms with Gasteiger partial charge in [-0.25, -0.2) is 13.2 Å². The lowest BCUT2D eigenvalue weighted by Gasteiger charge is -2.20. The highest BCUT2D eigenvalue weighted by molar-refractivity contribution is 7.89. The van der Waals surface area contributed by atoms with E-state index in [0.29, 0.717) is 6.54 Å². The van der Waals surface area contributed by atoms with Gasteiger partial charge < -0.3 is 14.8 Å². The molecule has 8 nitrogen and oxygen atoms in total. The van der Waals surface area contributed by atoms with E-state index < -0.39 is 28.0 Å². The summed E-state index contributed by atoms with van der Waals surface area (Å²) < 4.78 is 37.5. The first-order valence-corrected chi connectivity index (χ1v) is 11.8. The van der Waals surface area contributed by atoms with Crippen molar-refractivity contribution in [2.45, 2.75) is 38.3 Å². The molecule has 30 heavy (non-hydrogen) atoms. The molecule has 0 aliphatic carbocycles. The SMILES string of the molecule is CCN(CC)S(=O)(=O)c1cc(C(=O)OC(C)C(=O)NCc2cccs2)ccc1OC. The van der Waals surface area contributed by atoms with Gasteiger partial charge in [0.25, 0.3) is 5.91 Å². The van der Waals surface area contributed by atoms with Crippen molar-refractivity contribution in [1.29, 1.82) is 0 Å². The van der Waals surface area contributed by atoms with E-state index in [-0.39, 0.29) is 29.3 Å². The molecule has 0 aliphatic rings. The minimum absolute atomic E-state index is 0.0134. The van der Waals surface area contributed by atoms with Crippen molar-refractivity contribution in [3.05, 3.63) is 46.2 Å². The summed E-state index contributed by atoms with van der Waals surface area (Å²) in [5, 5.41) is 4.60. The Hall–Kier alpha value is -2.43. The van der Waals surface area contributed by atoms with Crippen LogP contribution in [0, 0.1) is 0 Å². The third kappa shape index (κ3) is 5.59. The summed E-state index contributed by atoms with van der Waals surface area (Å²) in [6.07, 6.45) is -1.04. The van der Waals surface area contributed by atoms with Gasteiger partial charge in [0.2, 0.25) is 10.0 Å². The van der Waals surface area contributed by atoms with E-state index >= 15 is 0 Å². The van der Waals surface area contributed by atoms with Crippen molar-refractivity contribution < 1.29 is 27.5 Å². The molecule has 0 saturated carbocycles. The Bertz CT molecular complexity index is 969. The normalized spacial score (nSPS) is 12.4. The van der Waals surface area contributed by atoms with Crippen LogP contribution in [0.4, 0.5) is 0 Å². The van der Waals surface area contributed by atoms with Gasteiger partial charge >= 0.3 is 5.97 Å². The fourth-order valence-corrected chi connectivity index (χ4v) is 5.01. The molecule has 1 aromatic carbocycles. The zero-order valence-electron chi connectivity index (χ0n) is 17.4. The Morgan fingerprint density at radius 2 is 1.90 bits per heavy atom. The average molecular weight is 455 g/mol. The Morgan fingerprint density at radius 3 is 2.47 bits per heavy atom. The van der Waals surface area contributed by atoms with E-state index in [4.69, 9.17) is 9.47 Å². The maximum Gasteiger partial charge on any atom is 0.338 e. The number of hydrogen-bond donors (Lipinski definition) is 1. The van der Waals surface area contributed by atoms with Crippen LogP contribution >= 0.6 is 11.3 Å². The van der Waals surface area contributed by atoms with Gasteiger partial charge in [-0.1, -0.05) is 19.9 Å². The number of carbonyl (C=O) groups excluding carboxylic acids is 2. The average Bonchev–Trinajstić information content (AvgIpc) is 3.25. The van der Waals surface area contributed by atoms with E-state index in [2.05, 4.69) is 5.32 Å². The van der Waals surface area contributed by atoms with Gasteiger partial charge in [-0.2, -0.15) is 4.31 Å². The van der Waals surface area contributed by atoms with Crippen molar-refractivity contribution in [1.82, 2.24) is 9.62 Å². The van der Waals surface area contributed by atoms with E-state index in [1.54, 1.807) is 13.8 Å². The standard InChI is InChI=1S/C20H26N2O6S2/c1-5-22(6-2)30(25,26)18-12-15(9-10-17(18)27-4)20(24)28-14(3)19(23)21-13-16-8-7-11-29-16/h7-12,14H,5-6,13H2,1-4H3,(H,21,23). The van der Waals surface area contributed by atoms with Gasteiger partial charge in [0.05, 0.1) is 19.2 Å². The van der Waals surface area contributed by atoms with Crippen LogP contribution < -0.4 is 10.1 Å². The summed E-state index contributed by atoms with van der Waals surface area (Å²) in [5.41, 5.74) is 0.0134. The zero-order chi connectivity index (χ0) is 22.3. The monoisotopic (exact) mass is 454 g/mol. The van der Waals surface area contributed by atoms with Crippen LogP contribution in [0.1, 0.15) is 36.0 Å². The van der Waals surface area contributed by atoms with Crippen LogP contribution in [0.3, 0.4) is 0 Å². The number of thiophene rings is 1. The molecule has 1 amide bonds. The van der Waals surface area contributed by atoms with Crippen molar-refractivity contribution in [2.24, 2.45) is 0 Å². The molecule has 1 N–H and O–H groups in total. The van der Waals surface area contributed by atoms with Gasteiger partial charge in [-0.05, 0) is 36.6 Å². The number of rotatable bonds is 10. The maximum atomic E-state index is 12.9. The highest BCUT2D eigenvalue weighted by Crippen LogP contribution is 2.28. The second-order valence-corrected chi connectivity index (χ2v) is 9.24. The number of sulfonamides is 1. The fourth-order valence-electron chi connectivity index (χ4n) is 2.72. The number of hydrogen-bond acceptors (Lipinski definition) is 7. The number of amides is 1. The van der Waals surface area contributed by atoms with Crippen molar-refractivity contribution in [3.8, 4) is 5.75 Å². The fraction of sp³-hybridized carbons (Fsp3) is 0.400. The highest BCUT2D eigenvalue weighted by atomic mass is 32.2. The van der Waals surface area contributed by atoms with Crippen LogP contribution in [-0.2, 0) is 26.1 Å². The number of methoxy groups -OCH3 is 1. The Kier molecular flexibility index (Phi) is 8.39. The lowest BCUT2D eigenvalue weighted by molar-refractivity contribution is -0.129. The summed E-state index contributed by atoms with van der Waals surface area (Å²) in [7, 11) is -2.50. The minimum Gasteiger partial charge on any atom is -0.495 e. The minimum atomic E-state index is -3.86. The van der Waals surface area contributed by atoms with E-state index in [9.17, 15) is 18.0 Å². The first-order valence-electron chi connectivity index (χ1n) is 9.43. The smallest absolute Gasteiger partial charge is 0.338 e. The van der Waals surface area contributed by atoms with Crippen LogP contribution in [0.5, 0.6) is 5.75 Å². The third-order valence-electron chi connectivity index (χ3n) is 4.39. The topological polar surface area (TPSA) is 102 Å². The number of nitrogens with zero attached hydrogens (tertiary/aromatic N) is 1. The van der Waals surface area contributed by atoms with Gasteiger partial charge in [0, 0.05) is 18.0 Å².